The van der Waals surface area contributed by atoms with Crippen LogP contribution in [0.1, 0.15) is 27.1 Å². The number of nitrogens with one attached hydrogen (secondary N) is 1. The van der Waals surface area contributed by atoms with E-state index in [1.165, 1.54) is 22.7 Å². The molecule has 112 valence electrons. The first kappa shape index (κ1) is 15.7. The fourth-order valence-electron chi connectivity index (χ4n) is 1.92. The summed E-state index contributed by atoms with van der Waals surface area (Å²) >= 11 is 2.95. The molecule has 21 heavy (non-hydrogen) atoms. The summed E-state index contributed by atoms with van der Waals surface area (Å²) in [5, 5.41) is 22.9. The van der Waals surface area contributed by atoms with Gasteiger partial charge < -0.3 is 15.5 Å². The minimum Gasteiger partial charge on any atom is -0.481 e. The zero-order chi connectivity index (χ0) is 15.2. The molecule has 0 spiro atoms. The van der Waals surface area contributed by atoms with E-state index < -0.39 is 11.9 Å². The maximum atomic E-state index is 10.9. The second-order valence-corrected chi connectivity index (χ2v) is 6.72. The van der Waals surface area contributed by atoms with Crippen molar-refractivity contribution in [2.75, 3.05) is 0 Å². The smallest absolute Gasteiger partial charge is 0.308 e. The SMILES string of the molecule is O=C(O)Cc1ccc(CNC(CC(=O)O)c2cccs2)s1. The van der Waals surface area contributed by atoms with Crippen molar-refractivity contribution >= 4 is 34.6 Å². The van der Waals surface area contributed by atoms with Crippen LogP contribution in [0, 0.1) is 0 Å². The van der Waals surface area contributed by atoms with Crippen LogP contribution in [0.3, 0.4) is 0 Å². The molecule has 0 saturated heterocycles. The van der Waals surface area contributed by atoms with Crippen molar-refractivity contribution < 1.29 is 19.8 Å². The second kappa shape index (κ2) is 7.35. The Morgan fingerprint density at radius 2 is 1.90 bits per heavy atom. The van der Waals surface area contributed by atoms with Gasteiger partial charge in [-0.2, -0.15) is 0 Å². The van der Waals surface area contributed by atoms with Crippen LogP contribution in [0.5, 0.6) is 0 Å². The Kier molecular flexibility index (Phi) is 5.49. The molecule has 0 radical (unpaired) electrons. The molecule has 3 N–H and O–H groups in total. The molecule has 2 aromatic heterocycles. The van der Waals surface area contributed by atoms with E-state index in [4.69, 9.17) is 10.2 Å². The number of aliphatic carboxylic acids is 2. The molecule has 0 bridgehead atoms. The number of rotatable bonds is 8. The Labute approximate surface area is 129 Å². The van der Waals surface area contributed by atoms with Gasteiger partial charge in [0.25, 0.3) is 0 Å². The highest BCUT2D eigenvalue weighted by molar-refractivity contribution is 7.12. The highest BCUT2D eigenvalue weighted by Crippen LogP contribution is 2.24. The maximum Gasteiger partial charge on any atom is 0.308 e. The number of hydrogen-bond donors (Lipinski definition) is 3. The van der Waals surface area contributed by atoms with E-state index in [1.807, 2.05) is 23.6 Å². The predicted octanol–water partition coefficient (Wildman–Crippen LogP) is 2.74. The van der Waals surface area contributed by atoms with E-state index in [0.29, 0.717) is 6.54 Å². The van der Waals surface area contributed by atoms with Crippen molar-refractivity contribution in [2.45, 2.75) is 25.4 Å². The van der Waals surface area contributed by atoms with Crippen molar-refractivity contribution in [3.05, 3.63) is 44.3 Å². The number of carboxylic acids is 2. The Morgan fingerprint density at radius 1 is 1.14 bits per heavy atom. The van der Waals surface area contributed by atoms with Crippen molar-refractivity contribution in [1.82, 2.24) is 5.32 Å². The lowest BCUT2D eigenvalue weighted by Crippen LogP contribution is -2.22. The molecular weight excluding hydrogens is 310 g/mol. The lowest BCUT2D eigenvalue weighted by atomic mass is 10.1. The number of hydrogen-bond acceptors (Lipinski definition) is 5. The fraction of sp³-hybridized carbons (Fsp3) is 0.286. The monoisotopic (exact) mass is 325 g/mol. The lowest BCUT2D eigenvalue weighted by Gasteiger charge is -2.14. The zero-order valence-corrected chi connectivity index (χ0v) is 12.7. The van der Waals surface area contributed by atoms with Gasteiger partial charge in [-0.05, 0) is 23.6 Å². The van der Waals surface area contributed by atoms with E-state index in [1.54, 1.807) is 6.07 Å². The molecule has 0 amide bonds. The van der Waals surface area contributed by atoms with Crippen LogP contribution in [-0.2, 0) is 22.6 Å². The molecule has 2 rings (SSSR count). The average Bonchev–Trinajstić information content (AvgIpc) is 3.04. The molecule has 0 aliphatic rings. The van der Waals surface area contributed by atoms with Gasteiger partial charge in [-0.1, -0.05) is 6.07 Å². The molecule has 2 aromatic rings. The Morgan fingerprint density at radius 3 is 2.52 bits per heavy atom. The third-order valence-electron chi connectivity index (χ3n) is 2.83. The van der Waals surface area contributed by atoms with E-state index in [9.17, 15) is 9.59 Å². The second-order valence-electron chi connectivity index (χ2n) is 4.49. The molecule has 1 unspecified atom stereocenters. The summed E-state index contributed by atoms with van der Waals surface area (Å²) in [4.78, 5) is 24.4. The van der Waals surface area contributed by atoms with Crippen LogP contribution in [0.4, 0.5) is 0 Å². The lowest BCUT2D eigenvalue weighted by molar-refractivity contribution is -0.138. The molecule has 0 aliphatic carbocycles. The number of carboxylic acid groups (broad SMARTS) is 2. The van der Waals surface area contributed by atoms with Crippen molar-refractivity contribution in [3.8, 4) is 0 Å². The fourth-order valence-corrected chi connectivity index (χ4v) is 3.69. The quantitative estimate of drug-likeness (QED) is 0.695. The molecule has 0 fully saturated rings. The van der Waals surface area contributed by atoms with Crippen LogP contribution in [0.2, 0.25) is 0 Å². The van der Waals surface area contributed by atoms with Crippen LogP contribution >= 0.6 is 22.7 Å². The van der Waals surface area contributed by atoms with Gasteiger partial charge in [-0.25, -0.2) is 0 Å². The molecule has 5 nitrogen and oxygen atoms in total. The highest BCUT2D eigenvalue weighted by Gasteiger charge is 2.16. The predicted molar refractivity (Wildman–Crippen MR) is 81.8 cm³/mol. The summed E-state index contributed by atoms with van der Waals surface area (Å²) in [6, 6.07) is 7.25. The first-order valence-corrected chi connectivity index (χ1v) is 8.02. The third kappa shape index (κ3) is 4.96. The van der Waals surface area contributed by atoms with Crippen LogP contribution < -0.4 is 5.32 Å². The van der Waals surface area contributed by atoms with Gasteiger partial charge >= 0.3 is 11.9 Å². The van der Waals surface area contributed by atoms with Crippen molar-refractivity contribution in [1.29, 1.82) is 0 Å². The average molecular weight is 325 g/mol. The summed E-state index contributed by atoms with van der Waals surface area (Å²) in [6.45, 7) is 0.528. The first-order valence-electron chi connectivity index (χ1n) is 6.32. The summed E-state index contributed by atoms with van der Waals surface area (Å²) < 4.78 is 0. The minimum atomic E-state index is -0.848. The van der Waals surface area contributed by atoms with E-state index in [-0.39, 0.29) is 18.9 Å². The largest absolute Gasteiger partial charge is 0.481 e. The van der Waals surface area contributed by atoms with Crippen LogP contribution in [0.15, 0.2) is 29.6 Å². The molecule has 0 aromatic carbocycles. The van der Waals surface area contributed by atoms with Gasteiger partial charge in [0.1, 0.15) is 0 Å². The molecule has 0 saturated carbocycles. The summed E-state index contributed by atoms with van der Waals surface area (Å²) in [6.07, 6.45) is 0.0437. The zero-order valence-electron chi connectivity index (χ0n) is 11.1. The maximum absolute atomic E-state index is 10.9. The van der Waals surface area contributed by atoms with Gasteiger partial charge in [0.05, 0.1) is 18.9 Å². The van der Waals surface area contributed by atoms with E-state index in [0.717, 1.165) is 14.6 Å². The number of carbonyl (C=O) groups is 2. The Balaban J connectivity index is 1.96. The highest BCUT2D eigenvalue weighted by atomic mass is 32.1. The summed E-state index contributed by atoms with van der Waals surface area (Å²) in [5.74, 6) is -1.70. The Hall–Kier alpha value is -1.70. The van der Waals surface area contributed by atoms with Gasteiger partial charge in [0, 0.05) is 21.2 Å². The van der Waals surface area contributed by atoms with Gasteiger partial charge in [0.15, 0.2) is 0 Å². The molecule has 2 heterocycles. The first-order chi connectivity index (χ1) is 10.0. The third-order valence-corrected chi connectivity index (χ3v) is 4.90. The van der Waals surface area contributed by atoms with Gasteiger partial charge in [0.2, 0.25) is 0 Å². The van der Waals surface area contributed by atoms with Crippen LogP contribution in [-0.4, -0.2) is 22.2 Å². The summed E-state index contributed by atoms with van der Waals surface area (Å²) in [7, 11) is 0. The van der Waals surface area contributed by atoms with Crippen LogP contribution in [0.25, 0.3) is 0 Å². The summed E-state index contributed by atoms with van der Waals surface area (Å²) in [5.41, 5.74) is 0. The minimum absolute atomic E-state index is 0.0217. The van der Waals surface area contributed by atoms with Gasteiger partial charge in [-0.3, -0.25) is 9.59 Å². The van der Waals surface area contributed by atoms with Gasteiger partial charge in [-0.15, -0.1) is 22.7 Å². The molecular formula is C14H15NO4S2. The normalized spacial score (nSPS) is 12.2. The molecule has 1 atom stereocenters. The molecule has 7 heteroatoms. The van der Waals surface area contributed by atoms with E-state index >= 15 is 0 Å². The Bertz CT molecular complexity index is 606. The van der Waals surface area contributed by atoms with Crippen molar-refractivity contribution in [3.63, 3.8) is 0 Å². The number of thiophene rings is 2. The van der Waals surface area contributed by atoms with E-state index in [2.05, 4.69) is 5.32 Å². The van der Waals surface area contributed by atoms with Crippen molar-refractivity contribution in [2.24, 2.45) is 0 Å². The topological polar surface area (TPSA) is 86.6 Å². The standard InChI is InChI=1S/C14H15NO4S2/c16-13(17)6-9-3-4-10(21-9)8-15-11(7-14(18)19)12-2-1-5-20-12/h1-5,11,15H,6-8H2,(H,16,17)(H,18,19). The molecule has 0 aliphatic heterocycles.